The summed E-state index contributed by atoms with van der Waals surface area (Å²) < 4.78 is 4.78. The van der Waals surface area contributed by atoms with E-state index in [1.54, 1.807) is 0 Å². The van der Waals surface area contributed by atoms with E-state index in [1.807, 2.05) is 12.1 Å². The summed E-state index contributed by atoms with van der Waals surface area (Å²) in [5, 5.41) is 5.98. The van der Waals surface area contributed by atoms with E-state index in [0.717, 1.165) is 44.6 Å². The van der Waals surface area contributed by atoms with Gasteiger partial charge in [0.25, 0.3) is 0 Å². The van der Waals surface area contributed by atoms with Gasteiger partial charge in [0.2, 0.25) is 0 Å². The summed E-state index contributed by atoms with van der Waals surface area (Å²) in [5.74, 6) is 0.713. The average Bonchev–Trinajstić information content (AvgIpc) is 3.68. The van der Waals surface area contributed by atoms with Crippen LogP contribution in [-0.2, 0) is 0 Å². The highest BCUT2D eigenvalue weighted by Crippen LogP contribution is 2.43. The Morgan fingerprint density at radius 3 is 1.58 bits per heavy atom. The zero-order valence-corrected chi connectivity index (χ0v) is 26.0. The molecule has 0 aliphatic heterocycles. The van der Waals surface area contributed by atoms with Crippen LogP contribution in [0.25, 0.3) is 88.5 Å². The second-order valence-corrected chi connectivity index (χ2v) is 12.2. The van der Waals surface area contributed by atoms with Crippen LogP contribution in [0.15, 0.2) is 170 Å². The second-order valence-electron chi connectivity index (χ2n) is 12.2. The molecule has 7 aromatic carbocycles. The van der Waals surface area contributed by atoms with E-state index in [1.165, 1.54) is 38.1 Å². The molecule has 4 nitrogen and oxygen atoms in total. The van der Waals surface area contributed by atoms with Gasteiger partial charge < -0.3 is 9.13 Å². The summed E-state index contributed by atoms with van der Waals surface area (Å²) in [5.41, 5.74) is 10.9. The molecule has 4 heteroatoms. The average molecular weight is 613 g/mol. The third-order valence-electron chi connectivity index (χ3n) is 9.50. The minimum absolute atomic E-state index is 0.713. The molecule has 3 aromatic heterocycles. The standard InChI is InChI=1S/C44H28N4/c1-4-14-29(15-5-1)43-33-20-10-12-22-36(33)45-44(46-43)30-24-25-35-40(28-30)48(32-18-8-3-9-19-32)39-27-26-38-41(42(35)39)34-21-11-13-23-37(34)47(38)31-16-6-2-7-17-31/h1-28H. The lowest BCUT2D eigenvalue weighted by Gasteiger charge is -2.11. The van der Waals surface area contributed by atoms with Crippen LogP contribution < -0.4 is 0 Å². The first-order valence-electron chi connectivity index (χ1n) is 16.3. The van der Waals surface area contributed by atoms with Gasteiger partial charge in [-0.2, -0.15) is 0 Å². The Labute approximate surface area is 276 Å². The van der Waals surface area contributed by atoms with E-state index < -0.39 is 0 Å². The summed E-state index contributed by atoms with van der Waals surface area (Å²) in [6.45, 7) is 0. The highest BCUT2D eigenvalue weighted by Gasteiger charge is 2.21. The molecule has 0 unspecified atom stereocenters. The second kappa shape index (κ2) is 10.5. The number of aromatic nitrogens is 4. The normalized spacial score (nSPS) is 11.8. The van der Waals surface area contributed by atoms with Crippen molar-refractivity contribution >= 4 is 54.5 Å². The lowest BCUT2D eigenvalue weighted by molar-refractivity contribution is 1.17. The Bertz CT molecular complexity index is 2810. The maximum atomic E-state index is 5.21. The molecule has 0 aliphatic rings. The van der Waals surface area contributed by atoms with Crippen molar-refractivity contribution in [3.05, 3.63) is 170 Å². The maximum absolute atomic E-state index is 5.21. The SMILES string of the molecule is c1ccc(-c2nc(-c3ccc4c5c6c7ccccc7n(-c7ccccc7)c6ccc5n(-c5ccccc5)c4c3)nc3ccccc23)cc1. The smallest absolute Gasteiger partial charge is 0.160 e. The van der Waals surface area contributed by atoms with Crippen molar-refractivity contribution < 1.29 is 0 Å². The van der Waals surface area contributed by atoms with Gasteiger partial charge in [-0.1, -0.05) is 115 Å². The van der Waals surface area contributed by atoms with Crippen LogP contribution in [0.3, 0.4) is 0 Å². The molecule has 10 rings (SSSR count). The first kappa shape index (κ1) is 26.7. The third kappa shape index (κ3) is 3.96. The lowest BCUT2D eigenvalue weighted by atomic mass is 10.0. The Morgan fingerprint density at radius 2 is 0.896 bits per heavy atom. The molecule has 0 aliphatic carbocycles. The van der Waals surface area contributed by atoms with Crippen molar-refractivity contribution in [1.29, 1.82) is 0 Å². The van der Waals surface area contributed by atoms with Crippen LogP contribution in [0.1, 0.15) is 0 Å². The first-order chi connectivity index (χ1) is 23.8. The molecule has 224 valence electrons. The number of nitrogens with zero attached hydrogens (tertiary/aromatic N) is 4. The minimum atomic E-state index is 0.713. The number of hydrogen-bond donors (Lipinski definition) is 0. The number of rotatable bonds is 4. The zero-order valence-electron chi connectivity index (χ0n) is 26.0. The molecule has 0 amide bonds. The molecule has 0 spiro atoms. The Balaban J connectivity index is 1.31. The zero-order chi connectivity index (χ0) is 31.6. The van der Waals surface area contributed by atoms with Crippen molar-refractivity contribution in [2.45, 2.75) is 0 Å². The Kier molecular flexibility index (Phi) is 5.84. The Morgan fingerprint density at radius 1 is 0.354 bits per heavy atom. The van der Waals surface area contributed by atoms with Gasteiger partial charge in [0.05, 0.1) is 33.3 Å². The van der Waals surface area contributed by atoms with Crippen molar-refractivity contribution in [3.63, 3.8) is 0 Å². The molecule has 0 atom stereocenters. The van der Waals surface area contributed by atoms with Crippen molar-refractivity contribution in [3.8, 4) is 34.0 Å². The third-order valence-corrected chi connectivity index (χ3v) is 9.50. The van der Waals surface area contributed by atoms with Gasteiger partial charge in [-0.25, -0.2) is 9.97 Å². The highest BCUT2D eigenvalue weighted by atomic mass is 15.0. The summed E-state index contributed by atoms with van der Waals surface area (Å²) in [6, 6.07) is 60.0. The number of benzene rings is 7. The van der Waals surface area contributed by atoms with Crippen LogP contribution in [0, 0.1) is 0 Å². The molecule has 0 saturated carbocycles. The van der Waals surface area contributed by atoms with E-state index in [2.05, 4.69) is 167 Å². The van der Waals surface area contributed by atoms with Gasteiger partial charge in [-0.3, -0.25) is 0 Å². The highest BCUT2D eigenvalue weighted by molar-refractivity contribution is 6.29. The van der Waals surface area contributed by atoms with E-state index in [0.29, 0.717) is 5.82 Å². The fourth-order valence-corrected chi connectivity index (χ4v) is 7.44. The molecule has 0 radical (unpaired) electrons. The van der Waals surface area contributed by atoms with Crippen LogP contribution in [0.4, 0.5) is 0 Å². The summed E-state index contributed by atoms with van der Waals surface area (Å²) in [7, 11) is 0. The van der Waals surface area contributed by atoms with Crippen LogP contribution in [0.5, 0.6) is 0 Å². The van der Waals surface area contributed by atoms with Crippen LogP contribution in [-0.4, -0.2) is 19.1 Å². The summed E-state index contributed by atoms with van der Waals surface area (Å²) >= 11 is 0. The molecular formula is C44H28N4. The quantitative estimate of drug-likeness (QED) is 0.198. The first-order valence-corrected chi connectivity index (χ1v) is 16.3. The van der Waals surface area contributed by atoms with Gasteiger partial charge in [0, 0.05) is 49.4 Å². The van der Waals surface area contributed by atoms with Gasteiger partial charge >= 0.3 is 0 Å². The van der Waals surface area contributed by atoms with Crippen molar-refractivity contribution in [1.82, 2.24) is 19.1 Å². The van der Waals surface area contributed by atoms with Gasteiger partial charge in [0.1, 0.15) is 0 Å². The van der Waals surface area contributed by atoms with E-state index in [9.17, 15) is 0 Å². The number of fused-ring (bicyclic) bond motifs is 8. The molecule has 0 bridgehead atoms. The van der Waals surface area contributed by atoms with Crippen LogP contribution in [0.2, 0.25) is 0 Å². The molecular weight excluding hydrogens is 585 g/mol. The fourth-order valence-electron chi connectivity index (χ4n) is 7.44. The molecule has 10 aromatic rings. The van der Waals surface area contributed by atoms with Crippen LogP contribution >= 0.6 is 0 Å². The predicted molar refractivity (Wildman–Crippen MR) is 199 cm³/mol. The molecule has 0 saturated heterocycles. The maximum Gasteiger partial charge on any atom is 0.160 e. The molecule has 48 heavy (non-hydrogen) atoms. The molecule has 0 fully saturated rings. The van der Waals surface area contributed by atoms with Crippen molar-refractivity contribution in [2.75, 3.05) is 0 Å². The summed E-state index contributed by atoms with van der Waals surface area (Å²) in [4.78, 5) is 10.3. The molecule has 0 N–H and O–H groups in total. The minimum Gasteiger partial charge on any atom is -0.309 e. The Hall–Kier alpha value is -6.52. The number of para-hydroxylation sites is 4. The van der Waals surface area contributed by atoms with E-state index >= 15 is 0 Å². The lowest BCUT2D eigenvalue weighted by Crippen LogP contribution is -1.96. The van der Waals surface area contributed by atoms with Gasteiger partial charge in [-0.15, -0.1) is 0 Å². The van der Waals surface area contributed by atoms with Gasteiger partial charge in [-0.05, 0) is 54.6 Å². The topological polar surface area (TPSA) is 35.6 Å². The monoisotopic (exact) mass is 612 g/mol. The number of hydrogen-bond acceptors (Lipinski definition) is 2. The van der Waals surface area contributed by atoms with Crippen molar-refractivity contribution in [2.24, 2.45) is 0 Å². The fraction of sp³-hybridized carbons (Fsp3) is 0. The van der Waals surface area contributed by atoms with E-state index in [4.69, 9.17) is 9.97 Å². The largest absolute Gasteiger partial charge is 0.309 e. The van der Waals surface area contributed by atoms with Gasteiger partial charge in [0.15, 0.2) is 5.82 Å². The predicted octanol–water partition coefficient (Wildman–Crippen LogP) is 11.2. The van der Waals surface area contributed by atoms with E-state index in [-0.39, 0.29) is 0 Å². The summed E-state index contributed by atoms with van der Waals surface area (Å²) in [6.07, 6.45) is 0. The molecule has 3 heterocycles.